The molecule has 0 bridgehead atoms. The van der Waals surface area contributed by atoms with Crippen LogP contribution in [0.25, 0.3) is 0 Å². The van der Waals surface area contributed by atoms with Gasteiger partial charge in [-0.2, -0.15) is 0 Å². The number of carbonyl (C=O) groups is 1. The highest BCUT2D eigenvalue weighted by Crippen LogP contribution is 2.66. The van der Waals surface area contributed by atoms with E-state index in [1.54, 1.807) is 7.11 Å². The van der Waals surface area contributed by atoms with E-state index in [4.69, 9.17) is 4.74 Å². The predicted molar refractivity (Wildman–Crippen MR) is 136 cm³/mol. The van der Waals surface area contributed by atoms with Gasteiger partial charge in [0.2, 0.25) is 0 Å². The number of ketones is 1. The molecule has 4 aliphatic carbocycles. The van der Waals surface area contributed by atoms with Crippen LogP contribution in [-0.2, 0) is 4.79 Å². The summed E-state index contributed by atoms with van der Waals surface area (Å²) in [5, 5.41) is 11.8. The van der Waals surface area contributed by atoms with Gasteiger partial charge in [0.1, 0.15) is 11.4 Å². The summed E-state index contributed by atoms with van der Waals surface area (Å²) in [6.07, 6.45) is 8.04. The second-order valence-electron chi connectivity index (χ2n) is 11.1. The van der Waals surface area contributed by atoms with Crippen molar-refractivity contribution < 1.29 is 14.6 Å². The first-order valence-electron chi connectivity index (χ1n) is 12.7. The zero-order chi connectivity index (χ0) is 24.3. The van der Waals surface area contributed by atoms with Gasteiger partial charge in [0, 0.05) is 31.8 Å². The van der Waals surface area contributed by atoms with Crippen LogP contribution in [0.1, 0.15) is 70.3 Å². The van der Waals surface area contributed by atoms with E-state index in [0.717, 1.165) is 50.0 Å². The lowest BCUT2D eigenvalue weighted by molar-refractivity contribution is -0.114. The highest BCUT2D eigenvalue weighted by atomic mass is 16.5. The molecule has 0 aliphatic heterocycles. The van der Waals surface area contributed by atoms with Gasteiger partial charge in [-0.3, -0.25) is 4.79 Å². The molecule has 4 aliphatic rings. The van der Waals surface area contributed by atoms with E-state index in [-0.39, 0.29) is 17.1 Å². The lowest BCUT2D eigenvalue weighted by Crippen LogP contribution is -2.51. The SMILES string of the molecule is CC#C[C@]1(O)CC[C@H]2[C@@H]3CCC4=CC(=O)CCC4=C3[C@@H](c3ccc(OC)c(N(C)C)c3)C[C@@]21C. The Kier molecular flexibility index (Phi) is 5.68. The molecule has 0 aromatic heterocycles. The quantitative estimate of drug-likeness (QED) is 0.614. The van der Waals surface area contributed by atoms with Crippen molar-refractivity contribution in [1.29, 1.82) is 0 Å². The van der Waals surface area contributed by atoms with Gasteiger partial charge in [-0.15, -0.1) is 5.92 Å². The summed E-state index contributed by atoms with van der Waals surface area (Å²) in [5.41, 5.74) is 5.36. The third-order valence-corrected chi connectivity index (χ3v) is 9.31. The van der Waals surface area contributed by atoms with Crippen molar-refractivity contribution in [3.8, 4) is 17.6 Å². The third-order valence-electron chi connectivity index (χ3n) is 9.31. The van der Waals surface area contributed by atoms with E-state index < -0.39 is 5.60 Å². The van der Waals surface area contributed by atoms with Crippen molar-refractivity contribution in [3.63, 3.8) is 0 Å². The van der Waals surface area contributed by atoms with Crippen molar-refractivity contribution in [2.45, 2.75) is 70.3 Å². The van der Waals surface area contributed by atoms with Gasteiger partial charge in [-0.25, -0.2) is 0 Å². The fraction of sp³-hybridized carbons (Fsp3) is 0.567. The summed E-state index contributed by atoms with van der Waals surface area (Å²) < 4.78 is 5.65. The maximum absolute atomic E-state index is 12.2. The van der Waals surface area contributed by atoms with Crippen LogP contribution in [0, 0.1) is 29.1 Å². The van der Waals surface area contributed by atoms with Gasteiger partial charge in [0.25, 0.3) is 0 Å². The normalized spacial score (nSPS) is 34.4. The molecular weight excluding hydrogens is 422 g/mol. The molecule has 34 heavy (non-hydrogen) atoms. The topological polar surface area (TPSA) is 49.8 Å². The number of fused-ring (bicyclic) bond motifs is 4. The fourth-order valence-electron chi connectivity index (χ4n) is 7.65. The Hall–Kier alpha value is -2.51. The van der Waals surface area contributed by atoms with Crippen molar-refractivity contribution >= 4 is 11.5 Å². The van der Waals surface area contributed by atoms with Crippen LogP contribution in [0.4, 0.5) is 5.69 Å². The minimum atomic E-state index is -0.948. The highest BCUT2D eigenvalue weighted by molar-refractivity contribution is 5.93. The molecule has 0 spiro atoms. The third kappa shape index (κ3) is 3.35. The van der Waals surface area contributed by atoms with Gasteiger partial charge < -0.3 is 14.7 Å². The summed E-state index contributed by atoms with van der Waals surface area (Å²) >= 11 is 0. The van der Waals surface area contributed by atoms with Crippen LogP contribution in [-0.4, -0.2) is 37.7 Å². The Balaban J connectivity index is 1.71. The Morgan fingerprint density at radius 2 is 1.97 bits per heavy atom. The van der Waals surface area contributed by atoms with Crippen molar-refractivity contribution in [3.05, 3.63) is 46.6 Å². The lowest BCUT2D eigenvalue weighted by atomic mass is 9.51. The Labute approximate surface area is 204 Å². The summed E-state index contributed by atoms with van der Waals surface area (Å²) in [5.74, 6) is 8.47. The second-order valence-corrected chi connectivity index (χ2v) is 11.1. The molecule has 0 unspecified atom stereocenters. The summed E-state index contributed by atoms with van der Waals surface area (Å²) in [6.45, 7) is 4.13. The van der Waals surface area contributed by atoms with Crippen LogP contribution >= 0.6 is 0 Å². The van der Waals surface area contributed by atoms with Crippen molar-refractivity contribution in [1.82, 2.24) is 0 Å². The molecule has 2 fully saturated rings. The number of anilines is 1. The lowest BCUT2D eigenvalue weighted by Gasteiger charge is -2.53. The fourth-order valence-corrected chi connectivity index (χ4v) is 7.65. The first-order valence-corrected chi connectivity index (χ1v) is 12.7. The second kappa shape index (κ2) is 8.31. The number of carbonyl (C=O) groups excluding carboxylic acids is 1. The van der Waals surface area contributed by atoms with Crippen molar-refractivity contribution in [2.24, 2.45) is 17.3 Å². The first kappa shape index (κ1) is 23.2. The molecule has 1 aromatic carbocycles. The zero-order valence-corrected chi connectivity index (χ0v) is 21.2. The molecule has 0 saturated heterocycles. The molecule has 4 heteroatoms. The Bertz CT molecular complexity index is 1150. The van der Waals surface area contributed by atoms with Gasteiger partial charge in [-0.1, -0.05) is 24.5 Å². The molecule has 1 N–H and O–H groups in total. The van der Waals surface area contributed by atoms with Crippen LogP contribution in [0.5, 0.6) is 5.75 Å². The Morgan fingerprint density at radius 3 is 2.68 bits per heavy atom. The monoisotopic (exact) mass is 459 g/mol. The minimum absolute atomic E-state index is 0.200. The number of hydrogen-bond acceptors (Lipinski definition) is 4. The van der Waals surface area contributed by atoms with Crippen LogP contribution in [0.15, 0.2) is 41.0 Å². The molecule has 180 valence electrons. The summed E-state index contributed by atoms with van der Waals surface area (Å²) in [7, 11) is 5.81. The number of ether oxygens (including phenoxy) is 1. The van der Waals surface area contributed by atoms with Gasteiger partial charge in [-0.05, 0) is 92.2 Å². The number of aliphatic hydroxyl groups is 1. The maximum Gasteiger partial charge on any atom is 0.156 e. The van der Waals surface area contributed by atoms with Crippen LogP contribution in [0.3, 0.4) is 0 Å². The smallest absolute Gasteiger partial charge is 0.156 e. The zero-order valence-electron chi connectivity index (χ0n) is 21.2. The largest absolute Gasteiger partial charge is 0.495 e. The molecule has 0 heterocycles. The van der Waals surface area contributed by atoms with Crippen LogP contribution in [0.2, 0.25) is 0 Å². The van der Waals surface area contributed by atoms with Gasteiger partial charge >= 0.3 is 0 Å². The number of benzene rings is 1. The number of methoxy groups -OCH3 is 1. The van der Waals surface area contributed by atoms with E-state index in [2.05, 4.69) is 41.9 Å². The van der Waals surface area contributed by atoms with Gasteiger partial charge in [0.05, 0.1) is 12.8 Å². The molecule has 4 nitrogen and oxygen atoms in total. The molecule has 5 atom stereocenters. The molecule has 5 rings (SSSR count). The first-order chi connectivity index (χ1) is 16.2. The standard InChI is InChI=1S/C30H37NO3/c1-6-14-30(33)15-13-25-23-10-7-19-16-21(32)9-11-22(19)28(23)24(18-29(25,30)2)20-8-12-27(34-5)26(17-20)31(3)4/h8,12,16-17,23-25,33H,7,9-11,13,15,18H2,1-5H3/t23-,24+,25-,29-,30-/m0/s1. The highest BCUT2D eigenvalue weighted by Gasteiger charge is 2.62. The van der Waals surface area contributed by atoms with E-state index in [1.807, 2.05) is 27.1 Å². The number of allylic oxidation sites excluding steroid dienone is 4. The summed E-state index contributed by atoms with van der Waals surface area (Å²) in [6, 6.07) is 6.55. The minimum Gasteiger partial charge on any atom is -0.495 e. The molecule has 2 saturated carbocycles. The van der Waals surface area contributed by atoms with E-state index >= 15 is 0 Å². The average molecular weight is 460 g/mol. The maximum atomic E-state index is 12.2. The van der Waals surface area contributed by atoms with E-state index in [0.29, 0.717) is 18.3 Å². The van der Waals surface area contributed by atoms with Gasteiger partial charge in [0.15, 0.2) is 5.78 Å². The molecular formula is C30H37NO3. The molecule has 0 radical (unpaired) electrons. The average Bonchev–Trinajstić information content (AvgIpc) is 3.08. The number of rotatable bonds is 3. The van der Waals surface area contributed by atoms with E-state index in [9.17, 15) is 9.90 Å². The van der Waals surface area contributed by atoms with Crippen molar-refractivity contribution in [2.75, 3.05) is 26.1 Å². The van der Waals surface area contributed by atoms with E-state index in [1.165, 1.54) is 22.3 Å². The van der Waals surface area contributed by atoms with Crippen LogP contribution < -0.4 is 9.64 Å². The Morgan fingerprint density at radius 1 is 1.18 bits per heavy atom. The molecule has 1 aromatic rings. The molecule has 0 amide bonds. The predicted octanol–water partition coefficient (Wildman–Crippen LogP) is 5.42. The summed E-state index contributed by atoms with van der Waals surface area (Å²) in [4.78, 5) is 14.3. The number of hydrogen-bond donors (Lipinski definition) is 1. The number of nitrogens with zero attached hydrogens (tertiary/aromatic N) is 1.